The van der Waals surface area contributed by atoms with Gasteiger partial charge in [0.05, 0.1) is 0 Å². The van der Waals surface area contributed by atoms with E-state index < -0.39 is 5.60 Å². The van der Waals surface area contributed by atoms with Crippen LogP contribution in [0, 0.1) is 5.92 Å². The lowest BCUT2D eigenvalue weighted by Crippen LogP contribution is -2.42. The van der Waals surface area contributed by atoms with Crippen LogP contribution in [0.1, 0.15) is 78.6 Å². The van der Waals surface area contributed by atoms with Crippen molar-refractivity contribution in [3.8, 4) is 0 Å². The molecule has 0 aromatic heterocycles. The number of hydrogen-bond donors (Lipinski definition) is 1. The van der Waals surface area contributed by atoms with Gasteiger partial charge in [-0.15, -0.1) is 0 Å². The summed E-state index contributed by atoms with van der Waals surface area (Å²) in [6, 6.07) is 0. The molecule has 2 N–H and O–H groups in total. The Morgan fingerprint density at radius 1 is 1.00 bits per heavy atom. The maximum Gasteiger partial charge on any atom is 0.410 e. The average molecular weight is 326 g/mol. The number of carbonyl (C=O) groups excluding carboxylic acids is 2. The molecule has 0 bridgehead atoms. The Hall–Kier alpha value is -1.26. The number of amides is 2. The summed E-state index contributed by atoms with van der Waals surface area (Å²) in [4.78, 5) is 24.2. The first-order valence-electron chi connectivity index (χ1n) is 9.04. The zero-order valence-electron chi connectivity index (χ0n) is 15.1. The van der Waals surface area contributed by atoms with E-state index >= 15 is 0 Å². The fourth-order valence-electron chi connectivity index (χ4n) is 2.99. The predicted octanol–water partition coefficient (Wildman–Crippen LogP) is 3.85. The van der Waals surface area contributed by atoms with E-state index in [1.807, 2.05) is 20.8 Å². The molecule has 1 aliphatic carbocycles. The highest BCUT2D eigenvalue weighted by molar-refractivity contribution is 5.74. The number of nitrogens with zero attached hydrogens (tertiary/aromatic N) is 1. The quantitative estimate of drug-likeness (QED) is 0.837. The van der Waals surface area contributed by atoms with Gasteiger partial charge in [-0.1, -0.05) is 38.5 Å². The van der Waals surface area contributed by atoms with E-state index in [-0.39, 0.29) is 12.0 Å². The van der Waals surface area contributed by atoms with Gasteiger partial charge < -0.3 is 15.4 Å². The third-order valence-electron chi connectivity index (χ3n) is 4.26. The first kappa shape index (κ1) is 19.8. The molecular weight excluding hydrogens is 292 g/mol. The van der Waals surface area contributed by atoms with Crippen molar-refractivity contribution >= 4 is 12.0 Å². The van der Waals surface area contributed by atoms with Crippen LogP contribution < -0.4 is 5.73 Å². The van der Waals surface area contributed by atoms with Gasteiger partial charge in [0.15, 0.2) is 0 Å². The molecule has 1 saturated heterocycles. The van der Waals surface area contributed by atoms with Crippen LogP contribution in [0.25, 0.3) is 0 Å². The van der Waals surface area contributed by atoms with Crippen LogP contribution >= 0.6 is 0 Å². The van der Waals surface area contributed by atoms with Crippen LogP contribution in [0.4, 0.5) is 4.79 Å². The minimum absolute atomic E-state index is 0.263. The topological polar surface area (TPSA) is 72.6 Å². The molecule has 0 aromatic rings. The SMILES string of the molecule is C1CCCCC1.CC(C)(C)OC(=O)N1CCC(CC(N)=O)CC1. The average Bonchev–Trinajstić information content (AvgIpc) is 2.48. The molecule has 23 heavy (non-hydrogen) atoms. The number of rotatable bonds is 2. The van der Waals surface area contributed by atoms with E-state index in [0.717, 1.165) is 12.8 Å². The summed E-state index contributed by atoms with van der Waals surface area (Å²) in [5.74, 6) is 0.0481. The van der Waals surface area contributed by atoms with Crippen molar-refractivity contribution in [1.29, 1.82) is 0 Å². The summed E-state index contributed by atoms with van der Waals surface area (Å²) in [7, 11) is 0. The zero-order valence-corrected chi connectivity index (χ0v) is 15.1. The number of piperidine rings is 1. The third kappa shape index (κ3) is 9.47. The highest BCUT2D eigenvalue weighted by atomic mass is 16.6. The summed E-state index contributed by atoms with van der Waals surface area (Å²) in [6.07, 6.45) is 10.8. The summed E-state index contributed by atoms with van der Waals surface area (Å²) < 4.78 is 5.29. The zero-order chi connectivity index (χ0) is 17.3. The Labute approximate surface area is 140 Å². The van der Waals surface area contributed by atoms with Crippen molar-refractivity contribution in [3.05, 3.63) is 0 Å². The summed E-state index contributed by atoms with van der Waals surface area (Å²) in [6.45, 7) is 6.85. The van der Waals surface area contributed by atoms with Gasteiger partial charge in [0.25, 0.3) is 0 Å². The van der Waals surface area contributed by atoms with E-state index in [9.17, 15) is 9.59 Å². The van der Waals surface area contributed by atoms with Crippen LogP contribution in [-0.4, -0.2) is 35.6 Å². The van der Waals surface area contributed by atoms with Gasteiger partial charge in [-0.25, -0.2) is 4.79 Å². The molecule has 1 saturated carbocycles. The van der Waals surface area contributed by atoms with Crippen molar-refractivity contribution < 1.29 is 14.3 Å². The van der Waals surface area contributed by atoms with Gasteiger partial charge in [0, 0.05) is 19.5 Å². The molecule has 2 rings (SSSR count). The molecule has 0 atom stereocenters. The van der Waals surface area contributed by atoms with Crippen LogP contribution in [0.2, 0.25) is 0 Å². The number of ether oxygens (including phenoxy) is 1. The first-order valence-corrected chi connectivity index (χ1v) is 9.04. The molecule has 0 aromatic carbocycles. The second-order valence-corrected chi connectivity index (χ2v) is 7.70. The maximum absolute atomic E-state index is 11.8. The highest BCUT2D eigenvalue weighted by Gasteiger charge is 2.27. The summed E-state index contributed by atoms with van der Waals surface area (Å²) >= 11 is 0. The van der Waals surface area contributed by atoms with E-state index in [1.165, 1.54) is 38.5 Å². The van der Waals surface area contributed by atoms with E-state index in [4.69, 9.17) is 10.5 Å². The minimum atomic E-state index is -0.457. The second-order valence-electron chi connectivity index (χ2n) is 7.70. The number of carbonyl (C=O) groups is 2. The molecule has 134 valence electrons. The summed E-state index contributed by atoms with van der Waals surface area (Å²) in [5.41, 5.74) is 4.70. The molecule has 0 spiro atoms. The van der Waals surface area contributed by atoms with Gasteiger partial charge in [-0.3, -0.25) is 4.79 Å². The molecular formula is C18H34N2O3. The Balaban J connectivity index is 0.000000366. The third-order valence-corrected chi connectivity index (χ3v) is 4.26. The minimum Gasteiger partial charge on any atom is -0.444 e. The number of primary amides is 1. The van der Waals surface area contributed by atoms with Gasteiger partial charge >= 0.3 is 6.09 Å². The van der Waals surface area contributed by atoms with Crippen LogP contribution in [-0.2, 0) is 9.53 Å². The van der Waals surface area contributed by atoms with E-state index in [2.05, 4.69) is 0 Å². The lowest BCUT2D eigenvalue weighted by Gasteiger charge is -2.33. The Morgan fingerprint density at radius 2 is 1.43 bits per heavy atom. The first-order chi connectivity index (χ1) is 10.8. The van der Waals surface area contributed by atoms with Crippen molar-refractivity contribution in [2.24, 2.45) is 11.7 Å². The van der Waals surface area contributed by atoms with E-state index in [0.29, 0.717) is 25.4 Å². The predicted molar refractivity (Wildman–Crippen MR) is 92.0 cm³/mol. The van der Waals surface area contributed by atoms with Gasteiger partial charge in [-0.2, -0.15) is 0 Å². The van der Waals surface area contributed by atoms with Gasteiger partial charge in [0.1, 0.15) is 5.60 Å². The van der Waals surface area contributed by atoms with Crippen LogP contribution in [0.15, 0.2) is 0 Å². The van der Waals surface area contributed by atoms with Crippen LogP contribution in [0.3, 0.4) is 0 Å². The Kier molecular flexibility index (Phi) is 8.42. The maximum atomic E-state index is 11.8. The lowest BCUT2D eigenvalue weighted by atomic mass is 9.93. The standard InChI is InChI=1S/C12H22N2O3.C6H12/c1-12(2,3)17-11(16)14-6-4-9(5-7-14)8-10(13)15;1-2-4-6-5-3-1/h9H,4-8H2,1-3H3,(H2,13,15);1-6H2. The molecule has 0 unspecified atom stereocenters. The number of likely N-dealkylation sites (tertiary alicyclic amines) is 1. The van der Waals surface area contributed by atoms with Crippen molar-refractivity contribution in [1.82, 2.24) is 4.90 Å². The molecule has 2 amide bonds. The fourth-order valence-corrected chi connectivity index (χ4v) is 2.99. The van der Waals surface area contributed by atoms with Crippen LogP contribution in [0.5, 0.6) is 0 Å². The fraction of sp³-hybridized carbons (Fsp3) is 0.889. The number of hydrogen-bond acceptors (Lipinski definition) is 3. The molecule has 1 aliphatic heterocycles. The molecule has 5 heteroatoms. The molecule has 5 nitrogen and oxygen atoms in total. The molecule has 2 fully saturated rings. The molecule has 0 radical (unpaired) electrons. The lowest BCUT2D eigenvalue weighted by molar-refractivity contribution is -0.119. The smallest absolute Gasteiger partial charge is 0.410 e. The normalized spacial score (nSPS) is 19.5. The van der Waals surface area contributed by atoms with Crippen molar-refractivity contribution in [2.75, 3.05) is 13.1 Å². The van der Waals surface area contributed by atoms with Crippen molar-refractivity contribution in [2.45, 2.75) is 84.2 Å². The Bertz CT molecular complexity index is 353. The molecule has 2 aliphatic rings. The monoisotopic (exact) mass is 326 g/mol. The van der Waals surface area contributed by atoms with Gasteiger partial charge in [0.2, 0.25) is 5.91 Å². The summed E-state index contributed by atoms with van der Waals surface area (Å²) in [5, 5.41) is 0. The van der Waals surface area contributed by atoms with E-state index in [1.54, 1.807) is 4.90 Å². The Morgan fingerprint density at radius 3 is 1.78 bits per heavy atom. The number of nitrogens with two attached hydrogens (primary N) is 1. The van der Waals surface area contributed by atoms with Gasteiger partial charge in [-0.05, 0) is 39.5 Å². The highest BCUT2D eigenvalue weighted by Crippen LogP contribution is 2.21. The second kappa shape index (κ2) is 9.78. The van der Waals surface area contributed by atoms with Crippen molar-refractivity contribution in [3.63, 3.8) is 0 Å². The largest absolute Gasteiger partial charge is 0.444 e. The molecule has 1 heterocycles.